The van der Waals surface area contributed by atoms with Gasteiger partial charge in [0.25, 0.3) is 11.5 Å². The molecule has 2 aromatic heterocycles. The normalized spacial score (nSPS) is 17.9. The third kappa shape index (κ3) is 3.76. The Kier molecular flexibility index (Phi) is 5.11. The number of amides is 1. The molecule has 0 atom stereocenters. The van der Waals surface area contributed by atoms with Crippen LogP contribution in [0.4, 0.5) is 5.82 Å². The van der Waals surface area contributed by atoms with E-state index in [-0.39, 0.29) is 17.4 Å². The standard InChI is InChI=1S/C20H26N6O2/c1-14-13-17(25-9-3-4-10-25)22-19(21-14)15-7-11-26(12-8-15)20(28)16-5-6-18(27)24(2)23-16/h5-6,13,15H,3-4,7-12H2,1-2H3. The van der Waals surface area contributed by atoms with Gasteiger partial charge < -0.3 is 9.80 Å². The lowest BCUT2D eigenvalue weighted by Crippen LogP contribution is -2.39. The highest BCUT2D eigenvalue weighted by atomic mass is 16.2. The van der Waals surface area contributed by atoms with E-state index in [1.54, 1.807) is 11.9 Å². The molecule has 0 bridgehead atoms. The summed E-state index contributed by atoms with van der Waals surface area (Å²) in [6.45, 7) is 5.44. The zero-order chi connectivity index (χ0) is 19.7. The highest BCUT2D eigenvalue weighted by molar-refractivity contribution is 5.92. The molecule has 0 unspecified atom stereocenters. The average molecular weight is 382 g/mol. The molecule has 0 aliphatic carbocycles. The number of aromatic nitrogens is 4. The van der Waals surface area contributed by atoms with Gasteiger partial charge in [0.1, 0.15) is 17.3 Å². The molecular formula is C20H26N6O2. The van der Waals surface area contributed by atoms with Crippen molar-refractivity contribution in [3.05, 3.63) is 45.8 Å². The second kappa shape index (κ2) is 7.69. The summed E-state index contributed by atoms with van der Waals surface area (Å²) in [5.41, 5.74) is 1.09. The van der Waals surface area contributed by atoms with Crippen LogP contribution in [0.15, 0.2) is 23.0 Å². The summed E-state index contributed by atoms with van der Waals surface area (Å²) < 4.78 is 1.19. The predicted molar refractivity (Wildman–Crippen MR) is 106 cm³/mol. The number of carbonyl (C=O) groups excluding carboxylic acids is 1. The van der Waals surface area contributed by atoms with E-state index in [1.165, 1.54) is 29.7 Å². The van der Waals surface area contributed by atoms with Gasteiger partial charge in [-0.3, -0.25) is 9.59 Å². The van der Waals surface area contributed by atoms with Crippen LogP contribution in [0.5, 0.6) is 0 Å². The van der Waals surface area contributed by atoms with Crippen molar-refractivity contribution in [2.75, 3.05) is 31.1 Å². The maximum atomic E-state index is 12.7. The smallest absolute Gasteiger partial charge is 0.274 e. The molecule has 0 radical (unpaired) electrons. The van der Waals surface area contributed by atoms with Crippen molar-refractivity contribution in [1.29, 1.82) is 0 Å². The van der Waals surface area contributed by atoms with Gasteiger partial charge in [0.15, 0.2) is 0 Å². The first-order valence-corrected chi connectivity index (χ1v) is 9.95. The van der Waals surface area contributed by atoms with Crippen LogP contribution in [0.1, 0.15) is 53.6 Å². The lowest BCUT2D eigenvalue weighted by atomic mass is 9.95. The van der Waals surface area contributed by atoms with Gasteiger partial charge >= 0.3 is 0 Å². The summed E-state index contributed by atoms with van der Waals surface area (Å²) in [6.07, 6.45) is 4.11. The molecule has 4 rings (SSSR count). The van der Waals surface area contributed by atoms with Crippen LogP contribution < -0.4 is 10.5 Å². The minimum atomic E-state index is -0.222. The van der Waals surface area contributed by atoms with Gasteiger partial charge in [0.05, 0.1) is 0 Å². The van der Waals surface area contributed by atoms with E-state index in [0.717, 1.165) is 43.3 Å². The third-order valence-electron chi connectivity index (χ3n) is 5.61. The number of anilines is 1. The minimum absolute atomic E-state index is 0.128. The highest BCUT2D eigenvalue weighted by Gasteiger charge is 2.28. The van der Waals surface area contributed by atoms with Crippen molar-refractivity contribution >= 4 is 11.7 Å². The van der Waals surface area contributed by atoms with Gasteiger partial charge in [-0.15, -0.1) is 0 Å². The number of piperidine rings is 1. The van der Waals surface area contributed by atoms with Crippen molar-refractivity contribution in [3.63, 3.8) is 0 Å². The first kappa shape index (κ1) is 18.6. The molecule has 28 heavy (non-hydrogen) atoms. The maximum absolute atomic E-state index is 12.7. The Hall–Kier alpha value is -2.77. The van der Waals surface area contributed by atoms with E-state index in [2.05, 4.69) is 21.0 Å². The second-order valence-corrected chi connectivity index (χ2v) is 7.67. The van der Waals surface area contributed by atoms with Gasteiger partial charge in [-0.1, -0.05) is 0 Å². The monoisotopic (exact) mass is 382 g/mol. The Balaban J connectivity index is 1.44. The van der Waals surface area contributed by atoms with Gasteiger partial charge in [0, 0.05) is 57.0 Å². The van der Waals surface area contributed by atoms with E-state index >= 15 is 0 Å². The molecule has 2 aromatic rings. The molecule has 2 aliphatic heterocycles. The zero-order valence-corrected chi connectivity index (χ0v) is 16.5. The van der Waals surface area contributed by atoms with Crippen molar-refractivity contribution in [3.8, 4) is 0 Å². The van der Waals surface area contributed by atoms with Crippen LogP contribution in [0.2, 0.25) is 0 Å². The summed E-state index contributed by atoms with van der Waals surface area (Å²) in [5.74, 6) is 2.07. The lowest BCUT2D eigenvalue weighted by molar-refractivity contribution is 0.0702. The molecule has 2 fully saturated rings. The number of aryl methyl sites for hydroxylation is 2. The Morgan fingerprint density at radius 2 is 1.79 bits per heavy atom. The van der Waals surface area contributed by atoms with E-state index in [9.17, 15) is 9.59 Å². The SMILES string of the molecule is Cc1cc(N2CCCC2)nc(C2CCN(C(=O)c3ccc(=O)n(C)n3)CC2)n1. The van der Waals surface area contributed by atoms with Crippen LogP contribution >= 0.6 is 0 Å². The third-order valence-corrected chi connectivity index (χ3v) is 5.61. The molecule has 0 saturated carbocycles. The first-order chi connectivity index (χ1) is 13.5. The number of nitrogens with zero attached hydrogens (tertiary/aromatic N) is 6. The number of rotatable bonds is 3. The van der Waals surface area contributed by atoms with E-state index < -0.39 is 0 Å². The Labute approximate surface area is 164 Å². The molecular weight excluding hydrogens is 356 g/mol. The van der Waals surface area contributed by atoms with E-state index in [0.29, 0.717) is 18.8 Å². The Bertz CT molecular complexity index is 927. The van der Waals surface area contributed by atoms with Crippen LogP contribution in [-0.4, -0.2) is 56.7 Å². The molecule has 148 valence electrons. The molecule has 2 saturated heterocycles. The number of likely N-dealkylation sites (tertiary alicyclic amines) is 1. The topological polar surface area (TPSA) is 84.2 Å². The summed E-state index contributed by atoms with van der Waals surface area (Å²) in [5, 5.41) is 4.08. The van der Waals surface area contributed by atoms with Gasteiger partial charge in [-0.05, 0) is 38.7 Å². The number of carbonyl (C=O) groups is 1. The van der Waals surface area contributed by atoms with Gasteiger partial charge in [-0.25, -0.2) is 14.6 Å². The van der Waals surface area contributed by atoms with E-state index in [1.807, 2.05) is 6.92 Å². The van der Waals surface area contributed by atoms with Crippen molar-refractivity contribution in [2.24, 2.45) is 7.05 Å². The molecule has 2 aliphatic rings. The fourth-order valence-electron chi connectivity index (χ4n) is 3.98. The van der Waals surface area contributed by atoms with Crippen LogP contribution in [0.25, 0.3) is 0 Å². The largest absolute Gasteiger partial charge is 0.357 e. The van der Waals surface area contributed by atoms with Crippen LogP contribution in [-0.2, 0) is 7.05 Å². The van der Waals surface area contributed by atoms with Gasteiger partial charge in [-0.2, -0.15) is 5.10 Å². The minimum Gasteiger partial charge on any atom is -0.357 e. The van der Waals surface area contributed by atoms with Crippen LogP contribution in [0, 0.1) is 6.92 Å². The fraction of sp³-hybridized carbons (Fsp3) is 0.550. The number of hydrogen-bond donors (Lipinski definition) is 0. The summed E-state index contributed by atoms with van der Waals surface area (Å²) in [7, 11) is 1.55. The van der Waals surface area contributed by atoms with E-state index in [4.69, 9.17) is 4.98 Å². The molecule has 8 heteroatoms. The second-order valence-electron chi connectivity index (χ2n) is 7.67. The molecule has 1 amide bonds. The lowest BCUT2D eigenvalue weighted by Gasteiger charge is -2.31. The Morgan fingerprint density at radius 3 is 2.46 bits per heavy atom. The predicted octanol–water partition coefficient (Wildman–Crippen LogP) is 1.50. The van der Waals surface area contributed by atoms with Crippen LogP contribution in [0.3, 0.4) is 0 Å². The summed E-state index contributed by atoms with van der Waals surface area (Å²) in [4.78, 5) is 37.9. The van der Waals surface area contributed by atoms with Gasteiger partial charge in [0.2, 0.25) is 0 Å². The fourth-order valence-corrected chi connectivity index (χ4v) is 3.98. The maximum Gasteiger partial charge on any atom is 0.274 e. The average Bonchev–Trinajstić information content (AvgIpc) is 3.24. The molecule has 0 spiro atoms. The first-order valence-electron chi connectivity index (χ1n) is 9.95. The molecule has 4 heterocycles. The Morgan fingerprint density at radius 1 is 1.07 bits per heavy atom. The van der Waals surface area contributed by atoms with Crippen molar-refractivity contribution < 1.29 is 4.79 Å². The zero-order valence-electron chi connectivity index (χ0n) is 16.5. The summed E-state index contributed by atoms with van der Waals surface area (Å²) >= 11 is 0. The quantitative estimate of drug-likeness (QED) is 0.800. The number of hydrogen-bond acceptors (Lipinski definition) is 6. The van der Waals surface area contributed by atoms with Crippen molar-refractivity contribution in [1.82, 2.24) is 24.6 Å². The molecule has 8 nitrogen and oxygen atoms in total. The summed E-state index contributed by atoms with van der Waals surface area (Å²) in [6, 6.07) is 4.95. The molecule has 0 aromatic carbocycles. The molecule has 0 N–H and O–H groups in total. The highest BCUT2D eigenvalue weighted by Crippen LogP contribution is 2.28. The van der Waals surface area contributed by atoms with Crippen molar-refractivity contribution in [2.45, 2.75) is 38.5 Å².